The fourth-order valence-corrected chi connectivity index (χ4v) is 5.79. The molecule has 2 aromatic rings. The lowest BCUT2D eigenvalue weighted by Crippen LogP contribution is -3.12. The topological polar surface area (TPSA) is 71.8 Å². The summed E-state index contributed by atoms with van der Waals surface area (Å²) in [5.41, 5.74) is 1.41. The molecule has 0 aromatic carbocycles. The van der Waals surface area contributed by atoms with Crippen molar-refractivity contribution < 1.29 is 14.4 Å². The lowest BCUT2D eigenvalue weighted by molar-refractivity contribution is -0.922. The zero-order valence-electron chi connectivity index (χ0n) is 18.4. The zero-order valence-corrected chi connectivity index (χ0v) is 19.2. The Labute approximate surface area is 182 Å². The molecule has 3 heterocycles. The van der Waals surface area contributed by atoms with Gasteiger partial charge in [0.15, 0.2) is 5.82 Å². The van der Waals surface area contributed by atoms with Crippen molar-refractivity contribution in [3.05, 3.63) is 16.3 Å². The third-order valence-electron chi connectivity index (χ3n) is 6.10. The second-order valence-electron chi connectivity index (χ2n) is 8.74. The highest BCUT2D eigenvalue weighted by molar-refractivity contribution is 7.19. The molecule has 164 valence electrons. The average Bonchev–Trinajstić information content (AvgIpc) is 3.09. The first-order chi connectivity index (χ1) is 14.5. The van der Waals surface area contributed by atoms with E-state index in [2.05, 4.69) is 19.2 Å². The van der Waals surface area contributed by atoms with Gasteiger partial charge in [-0.3, -0.25) is 4.79 Å². The van der Waals surface area contributed by atoms with Gasteiger partial charge < -0.3 is 19.9 Å². The SMILES string of the molecule is CCCNC(=O)CN(C)c1nc(C[NH+]2CCOCC2)nc2sc3c(c12)CC[C@H](C)C3. The Bertz CT molecular complexity index is 893. The first-order valence-corrected chi connectivity index (χ1v) is 12.1. The quantitative estimate of drug-likeness (QED) is 0.688. The summed E-state index contributed by atoms with van der Waals surface area (Å²) in [6.07, 6.45) is 4.35. The van der Waals surface area contributed by atoms with Crippen LogP contribution in [0.5, 0.6) is 0 Å². The van der Waals surface area contributed by atoms with Gasteiger partial charge in [-0.05, 0) is 37.2 Å². The number of anilines is 1. The number of thiophene rings is 1. The number of rotatable bonds is 7. The fourth-order valence-electron chi connectivity index (χ4n) is 4.39. The summed E-state index contributed by atoms with van der Waals surface area (Å²) < 4.78 is 5.50. The minimum absolute atomic E-state index is 0.0455. The van der Waals surface area contributed by atoms with E-state index in [0.717, 1.165) is 74.5 Å². The Hall–Kier alpha value is -1.77. The van der Waals surface area contributed by atoms with Crippen molar-refractivity contribution in [3.63, 3.8) is 0 Å². The summed E-state index contributed by atoms with van der Waals surface area (Å²) in [7, 11) is 1.98. The predicted molar refractivity (Wildman–Crippen MR) is 120 cm³/mol. The number of nitrogens with zero attached hydrogens (tertiary/aromatic N) is 3. The third kappa shape index (κ3) is 4.76. The lowest BCUT2D eigenvalue weighted by Gasteiger charge is -2.24. The number of nitrogens with one attached hydrogen (secondary N) is 2. The molecule has 4 rings (SSSR count). The maximum absolute atomic E-state index is 12.4. The monoisotopic (exact) mass is 432 g/mol. The normalized spacial score (nSPS) is 19.6. The summed E-state index contributed by atoms with van der Waals surface area (Å²) in [4.78, 5) is 28.4. The van der Waals surface area contributed by atoms with Crippen molar-refractivity contribution in [1.29, 1.82) is 0 Å². The number of hydrogen-bond acceptors (Lipinski definition) is 6. The Morgan fingerprint density at radius 3 is 2.90 bits per heavy atom. The van der Waals surface area contributed by atoms with Gasteiger partial charge >= 0.3 is 0 Å². The van der Waals surface area contributed by atoms with E-state index < -0.39 is 0 Å². The number of hydrogen-bond donors (Lipinski definition) is 2. The van der Waals surface area contributed by atoms with Crippen molar-refractivity contribution >= 4 is 33.3 Å². The van der Waals surface area contributed by atoms with E-state index in [1.807, 2.05) is 23.3 Å². The van der Waals surface area contributed by atoms with Crippen LogP contribution in [0.4, 0.5) is 5.82 Å². The number of morpholine rings is 1. The molecule has 0 unspecified atom stereocenters. The first-order valence-electron chi connectivity index (χ1n) is 11.3. The van der Waals surface area contributed by atoms with Crippen molar-refractivity contribution in [2.45, 2.75) is 46.1 Å². The van der Waals surface area contributed by atoms with E-state index in [1.54, 1.807) is 0 Å². The van der Waals surface area contributed by atoms with Crippen molar-refractivity contribution in [1.82, 2.24) is 15.3 Å². The standard InChI is InChI=1S/C22H33N5O2S/c1-4-7-23-19(28)14-26(3)21-20-16-6-5-15(2)12-17(16)30-22(20)25-18(24-21)13-27-8-10-29-11-9-27/h15H,4-14H2,1-3H3,(H,23,28)/p+1/t15-/m0/s1. The smallest absolute Gasteiger partial charge is 0.239 e. The van der Waals surface area contributed by atoms with Crippen LogP contribution in [0.3, 0.4) is 0 Å². The van der Waals surface area contributed by atoms with Gasteiger partial charge in [0.2, 0.25) is 5.91 Å². The van der Waals surface area contributed by atoms with E-state index in [0.29, 0.717) is 13.1 Å². The molecule has 1 amide bonds. The minimum atomic E-state index is 0.0455. The van der Waals surface area contributed by atoms with Gasteiger partial charge in [0.1, 0.15) is 30.3 Å². The van der Waals surface area contributed by atoms with E-state index >= 15 is 0 Å². The summed E-state index contributed by atoms with van der Waals surface area (Å²) >= 11 is 1.83. The number of ether oxygens (including phenoxy) is 1. The largest absolute Gasteiger partial charge is 0.370 e. The van der Waals surface area contributed by atoms with Crippen LogP contribution in [0.2, 0.25) is 0 Å². The number of carbonyl (C=O) groups excluding carboxylic acids is 1. The highest BCUT2D eigenvalue weighted by Crippen LogP contribution is 2.40. The van der Waals surface area contributed by atoms with Crippen LogP contribution in [-0.4, -0.2) is 62.3 Å². The number of quaternary nitrogens is 1. The molecule has 0 bridgehead atoms. The van der Waals surface area contributed by atoms with Crippen LogP contribution in [0, 0.1) is 5.92 Å². The van der Waals surface area contributed by atoms with Crippen molar-refractivity contribution in [2.24, 2.45) is 5.92 Å². The molecule has 1 aliphatic heterocycles. The van der Waals surface area contributed by atoms with E-state index in [1.165, 1.54) is 27.1 Å². The molecule has 2 aromatic heterocycles. The number of likely N-dealkylation sites (N-methyl/N-ethyl adjacent to an activating group) is 1. The van der Waals surface area contributed by atoms with Gasteiger partial charge in [-0.2, -0.15) is 0 Å². The molecule has 0 radical (unpaired) electrons. The van der Waals surface area contributed by atoms with Crippen molar-refractivity contribution in [3.8, 4) is 0 Å². The van der Waals surface area contributed by atoms with Gasteiger partial charge in [0, 0.05) is 18.5 Å². The number of carbonyl (C=O) groups is 1. The summed E-state index contributed by atoms with van der Waals surface area (Å²) in [6, 6.07) is 0. The maximum Gasteiger partial charge on any atom is 0.239 e. The van der Waals surface area contributed by atoms with Crippen LogP contribution < -0.4 is 15.1 Å². The predicted octanol–water partition coefficient (Wildman–Crippen LogP) is 1.19. The molecule has 1 fully saturated rings. The van der Waals surface area contributed by atoms with Gasteiger partial charge in [-0.25, -0.2) is 9.97 Å². The summed E-state index contributed by atoms with van der Waals surface area (Å²) in [5, 5.41) is 4.16. The molecule has 8 heteroatoms. The molecule has 2 N–H and O–H groups in total. The summed E-state index contributed by atoms with van der Waals surface area (Å²) in [5.74, 6) is 2.56. The highest BCUT2D eigenvalue weighted by atomic mass is 32.1. The molecule has 30 heavy (non-hydrogen) atoms. The Balaban J connectivity index is 1.67. The third-order valence-corrected chi connectivity index (χ3v) is 7.25. The van der Waals surface area contributed by atoms with Gasteiger partial charge in [-0.1, -0.05) is 13.8 Å². The van der Waals surface area contributed by atoms with Crippen molar-refractivity contribution in [2.75, 3.05) is 51.3 Å². The molecule has 2 aliphatic rings. The number of aryl methyl sites for hydroxylation is 1. The number of aromatic nitrogens is 2. The fraction of sp³-hybridized carbons (Fsp3) is 0.682. The lowest BCUT2D eigenvalue weighted by atomic mass is 9.89. The van der Waals surface area contributed by atoms with Crippen LogP contribution in [0.1, 0.15) is 43.0 Å². The average molecular weight is 433 g/mol. The van der Waals surface area contributed by atoms with Crippen LogP contribution >= 0.6 is 11.3 Å². The second-order valence-corrected chi connectivity index (χ2v) is 9.82. The van der Waals surface area contributed by atoms with Crippen LogP contribution in [0.25, 0.3) is 10.2 Å². The molecule has 0 saturated carbocycles. The molecular formula is C22H34N5O2S+. The van der Waals surface area contributed by atoms with Gasteiger partial charge in [0.25, 0.3) is 0 Å². The van der Waals surface area contributed by atoms with Gasteiger partial charge in [0.05, 0.1) is 25.1 Å². The Morgan fingerprint density at radius 1 is 1.33 bits per heavy atom. The van der Waals surface area contributed by atoms with E-state index in [-0.39, 0.29) is 5.91 Å². The zero-order chi connectivity index (χ0) is 21.1. The Morgan fingerprint density at radius 2 is 2.13 bits per heavy atom. The molecule has 7 nitrogen and oxygen atoms in total. The van der Waals surface area contributed by atoms with E-state index in [9.17, 15) is 4.79 Å². The number of fused-ring (bicyclic) bond motifs is 3. The first kappa shape index (κ1) is 21.5. The minimum Gasteiger partial charge on any atom is -0.370 e. The van der Waals surface area contributed by atoms with Crippen LogP contribution in [-0.2, 0) is 28.9 Å². The molecule has 0 spiro atoms. The molecule has 1 aliphatic carbocycles. The number of amides is 1. The Kier molecular flexibility index (Phi) is 6.85. The van der Waals surface area contributed by atoms with Crippen LogP contribution in [0.15, 0.2) is 0 Å². The second kappa shape index (κ2) is 9.58. The molecule has 1 atom stereocenters. The highest BCUT2D eigenvalue weighted by Gasteiger charge is 2.26. The maximum atomic E-state index is 12.4. The summed E-state index contributed by atoms with van der Waals surface area (Å²) in [6.45, 7) is 9.81. The molecular weight excluding hydrogens is 398 g/mol. The van der Waals surface area contributed by atoms with E-state index in [4.69, 9.17) is 14.7 Å². The molecule has 1 saturated heterocycles. The van der Waals surface area contributed by atoms with Gasteiger partial charge in [-0.15, -0.1) is 11.3 Å².